The van der Waals surface area contributed by atoms with Crippen LogP contribution in [0.3, 0.4) is 0 Å². The van der Waals surface area contributed by atoms with Gasteiger partial charge < -0.3 is 4.74 Å². The highest BCUT2D eigenvalue weighted by Crippen LogP contribution is 2.31. The molecule has 1 aliphatic rings. The lowest BCUT2D eigenvalue weighted by atomic mass is 10.0. The van der Waals surface area contributed by atoms with Crippen LogP contribution in [0.2, 0.25) is 0 Å². The standard InChI is InChI=1S/C11H9FN2O/c12-10-5-3-9(4-6-10)11(14-13)7-1-2-8-15-11/h1-8,13H. The Kier molecular flexibility index (Phi) is 2.33. The Hall–Kier alpha value is -1.97. The van der Waals surface area contributed by atoms with Crippen molar-refractivity contribution in [3.8, 4) is 0 Å². The Morgan fingerprint density at radius 1 is 1.20 bits per heavy atom. The van der Waals surface area contributed by atoms with Crippen molar-refractivity contribution in [1.82, 2.24) is 0 Å². The van der Waals surface area contributed by atoms with Crippen molar-refractivity contribution in [2.75, 3.05) is 0 Å². The zero-order valence-corrected chi connectivity index (χ0v) is 7.85. The molecule has 4 heteroatoms. The van der Waals surface area contributed by atoms with Gasteiger partial charge in [-0.25, -0.2) is 9.92 Å². The number of allylic oxidation sites excluding steroid dienone is 2. The first kappa shape index (κ1) is 9.58. The molecule has 1 unspecified atom stereocenters. The summed E-state index contributed by atoms with van der Waals surface area (Å²) in [5, 5.41) is 3.45. The third kappa shape index (κ3) is 1.66. The molecule has 2 rings (SSSR count). The number of nitrogens with one attached hydrogen (secondary N) is 1. The van der Waals surface area contributed by atoms with E-state index in [1.54, 1.807) is 30.4 Å². The van der Waals surface area contributed by atoms with Crippen molar-refractivity contribution in [3.05, 3.63) is 60.1 Å². The average Bonchev–Trinajstić information content (AvgIpc) is 2.31. The van der Waals surface area contributed by atoms with Crippen LogP contribution in [0.5, 0.6) is 0 Å². The molecule has 0 fully saturated rings. The smallest absolute Gasteiger partial charge is 0.262 e. The fourth-order valence-corrected chi connectivity index (χ4v) is 1.39. The van der Waals surface area contributed by atoms with Gasteiger partial charge in [0.05, 0.1) is 6.26 Å². The quantitative estimate of drug-likeness (QED) is 0.739. The predicted molar refractivity (Wildman–Crippen MR) is 52.6 cm³/mol. The Labute approximate surface area is 86.4 Å². The number of hydrogen-bond donors (Lipinski definition) is 1. The van der Waals surface area contributed by atoms with Gasteiger partial charge >= 0.3 is 0 Å². The van der Waals surface area contributed by atoms with Crippen LogP contribution in [-0.4, -0.2) is 0 Å². The maximum absolute atomic E-state index is 12.7. The van der Waals surface area contributed by atoms with Gasteiger partial charge in [0.25, 0.3) is 5.72 Å². The molecule has 0 saturated carbocycles. The van der Waals surface area contributed by atoms with E-state index >= 15 is 0 Å². The Balaban J connectivity index is 2.42. The molecular formula is C11H9FN2O. The van der Waals surface area contributed by atoms with E-state index in [-0.39, 0.29) is 5.82 Å². The third-order valence-electron chi connectivity index (χ3n) is 2.18. The number of rotatable bonds is 2. The molecule has 15 heavy (non-hydrogen) atoms. The van der Waals surface area contributed by atoms with Gasteiger partial charge in [0.1, 0.15) is 5.82 Å². The Bertz CT molecular complexity index is 425. The lowest BCUT2D eigenvalue weighted by Crippen LogP contribution is -2.23. The molecule has 1 aromatic carbocycles. The predicted octanol–water partition coefficient (Wildman–Crippen LogP) is 3.11. The van der Waals surface area contributed by atoms with E-state index in [0.717, 1.165) is 0 Å². The van der Waals surface area contributed by atoms with Gasteiger partial charge in [-0.05, 0) is 36.4 Å². The highest BCUT2D eigenvalue weighted by molar-refractivity contribution is 5.30. The van der Waals surface area contributed by atoms with Gasteiger partial charge in [-0.2, -0.15) is 0 Å². The zero-order valence-electron chi connectivity index (χ0n) is 7.85. The van der Waals surface area contributed by atoms with Crippen molar-refractivity contribution < 1.29 is 9.13 Å². The van der Waals surface area contributed by atoms with E-state index in [2.05, 4.69) is 5.11 Å². The molecule has 1 atom stereocenters. The molecule has 0 bridgehead atoms. The second-order valence-corrected chi connectivity index (χ2v) is 3.12. The number of halogens is 1. The van der Waals surface area contributed by atoms with Crippen molar-refractivity contribution in [3.63, 3.8) is 0 Å². The summed E-state index contributed by atoms with van der Waals surface area (Å²) >= 11 is 0. The topological polar surface area (TPSA) is 45.4 Å². The van der Waals surface area contributed by atoms with Crippen LogP contribution in [0.25, 0.3) is 0 Å². The van der Waals surface area contributed by atoms with Gasteiger partial charge in [0.15, 0.2) is 0 Å². The number of ether oxygens (including phenoxy) is 1. The second-order valence-electron chi connectivity index (χ2n) is 3.12. The van der Waals surface area contributed by atoms with Crippen molar-refractivity contribution >= 4 is 0 Å². The summed E-state index contributed by atoms with van der Waals surface area (Å²) in [5.74, 6) is -0.325. The minimum atomic E-state index is -1.14. The van der Waals surface area contributed by atoms with Gasteiger partial charge in [0, 0.05) is 5.56 Å². The van der Waals surface area contributed by atoms with Crippen LogP contribution in [0, 0.1) is 11.3 Å². The number of hydrogen-bond acceptors (Lipinski definition) is 3. The second kappa shape index (κ2) is 3.65. The van der Waals surface area contributed by atoms with Crippen LogP contribution in [0.15, 0.2) is 53.9 Å². The molecular weight excluding hydrogens is 195 g/mol. The molecule has 1 N–H and O–H groups in total. The van der Waals surface area contributed by atoms with Crippen LogP contribution in [-0.2, 0) is 10.5 Å². The molecule has 1 heterocycles. The molecule has 0 aliphatic carbocycles. The SMILES string of the molecule is N=NC1(c2ccc(F)cc2)C=CC=CO1. The number of nitrogens with zero attached hydrogens (tertiary/aromatic N) is 1. The Morgan fingerprint density at radius 3 is 2.47 bits per heavy atom. The largest absolute Gasteiger partial charge is 0.464 e. The maximum Gasteiger partial charge on any atom is 0.262 e. The fraction of sp³-hybridized carbons (Fsp3) is 0.0909. The van der Waals surface area contributed by atoms with E-state index in [1.165, 1.54) is 18.4 Å². The maximum atomic E-state index is 12.7. The molecule has 1 aliphatic heterocycles. The van der Waals surface area contributed by atoms with Crippen LogP contribution in [0.4, 0.5) is 4.39 Å². The average molecular weight is 204 g/mol. The molecule has 76 valence electrons. The monoisotopic (exact) mass is 204 g/mol. The molecule has 0 amide bonds. The lowest BCUT2D eigenvalue weighted by molar-refractivity contribution is 0.0611. The summed E-state index contributed by atoms with van der Waals surface area (Å²) in [7, 11) is 0. The van der Waals surface area contributed by atoms with Crippen molar-refractivity contribution in [2.24, 2.45) is 5.11 Å². The molecule has 3 nitrogen and oxygen atoms in total. The molecule has 0 spiro atoms. The fourth-order valence-electron chi connectivity index (χ4n) is 1.39. The van der Waals surface area contributed by atoms with E-state index in [4.69, 9.17) is 10.3 Å². The summed E-state index contributed by atoms with van der Waals surface area (Å²) in [4.78, 5) is 0. The first-order valence-electron chi connectivity index (χ1n) is 4.44. The summed E-state index contributed by atoms with van der Waals surface area (Å²) < 4.78 is 18.0. The molecule has 0 saturated heterocycles. The highest BCUT2D eigenvalue weighted by atomic mass is 19.1. The highest BCUT2D eigenvalue weighted by Gasteiger charge is 2.31. The first-order chi connectivity index (χ1) is 7.27. The lowest BCUT2D eigenvalue weighted by Gasteiger charge is -2.25. The molecule has 0 aromatic heterocycles. The summed E-state index contributed by atoms with van der Waals surface area (Å²) in [6.45, 7) is 0. The molecule has 0 radical (unpaired) electrons. The van der Waals surface area contributed by atoms with E-state index in [9.17, 15) is 4.39 Å². The minimum Gasteiger partial charge on any atom is -0.464 e. The van der Waals surface area contributed by atoms with Gasteiger partial charge in [-0.3, -0.25) is 0 Å². The van der Waals surface area contributed by atoms with Gasteiger partial charge in [0.2, 0.25) is 0 Å². The van der Waals surface area contributed by atoms with E-state index in [1.807, 2.05) is 0 Å². The van der Waals surface area contributed by atoms with E-state index < -0.39 is 5.72 Å². The Morgan fingerprint density at radius 2 is 1.93 bits per heavy atom. The van der Waals surface area contributed by atoms with Crippen LogP contribution >= 0.6 is 0 Å². The summed E-state index contributed by atoms with van der Waals surface area (Å²) in [5.41, 5.74) is 6.65. The van der Waals surface area contributed by atoms with E-state index in [0.29, 0.717) is 5.56 Å². The first-order valence-corrected chi connectivity index (χ1v) is 4.44. The number of benzene rings is 1. The molecule has 1 aromatic rings. The minimum absolute atomic E-state index is 0.325. The summed E-state index contributed by atoms with van der Waals surface area (Å²) in [6, 6.07) is 5.74. The van der Waals surface area contributed by atoms with Gasteiger partial charge in [-0.15, -0.1) is 5.11 Å². The summed E-state index contributed by atoms with van der Waals surface area (Å²) in [6.07, 6.45) is 6.55. The van der Waals surface area contributed by atoms with Gasteiger partial charge in [-0.1, -0.05) is 6.08 Å². The van der Waals surface area contributed by atoms with Crippen LogP contribution in [0.1, 0.15) is 5.56 Å². The van der Waals surface area contributed by atoms with Crippen molar-refractivity contribution in [1.29, 1.82) is 5.53 Å². The normalized spacial score (nSPS) is 23.5. The van der Waals surface area contributed by atoms with Crippen molar-refractivity contribution in [2.45, 2.75) is 5.72 Å². The third-order valence-corrected chi connectivity index (χ3v) is 2.18. The van der Waals surface area contributed by atoms with Crippen LogP contribution < -0.4 is 0 Å². The zero-order chi connectivity index (χ0) is 10.7.